The Morgan fingerprint density at radius 3 is 2.79 bits per heavy atom. The molecule has 3 nitrogen and oxygen atoms in total. The van der Waals surface area contributed by atoms with E-state index in [1.807, 2.05) is 6.92 Å². The van der Waals surface area contributed by atoms with Crippen LogP contribution in [0, 0.1) is 16.4 Å². The van der Waals surface area contributed by atoms with E-state index in [9.17, 15) is 13.0 Å². The molecule has 1 heterocycles. The van der Waals surface area contributed by atoms with Crippen molar-refractivity contribution >= 4 is 34.1 Å². The molecule has 0 bridgehead atoms. The molecule has 0 saturated heterocycles. The van der Waals surface area contributed by atoms with Gasteiger partial charge >= 0.3 is 0 Å². The number of fused-ring (bicyclic) bond motifs is 1. The van der Waals surface area contributed by atoms with Crippen LogP contribution in [-0.4, -0.2) is 25.3 Å². The van der Waals surface area contributed by atoms with Gasteiger partial charge in [0.05, 0.1) is 5.52 Å². The van der Waals surface area contributed by atoms with Gasteiger partial charge in [0.1, 0.15) is 11.3 Å². The van der Waals surface area contributed by atoms with Crippen LogP contribution in [0.4, 0.5) is 8.78 Å². The van der Waals surface area contributed by atoms with E-state index in [-0.39, 0.29) is 10.8 Å². The van der Waals surface area contributed by atoms with Crippen molar-refractivity contribution < 1.29 is 13.0 Å². The van der Waals surface area contributed by atoms with Crippen LogP contribution in [0.25, 0.3) is 11.0 Å². The normalized spacial score (nSPS) is 14.7. The molecule has 2 atom stereocenters. The molecule has 19 heavy (non-hydrogen) atoms. The average Bonchev–Trinajstić information content (AvgIpc) is 2.63. The summed E-state index contributed by atoms with van der Waals surface area (Å²) >= 11 is 5.12. The number of aromatic nitrogens is 2. The van der Waals surface area contributed by atoms with Gasteiger partial charge in [0, 0.05) is 34.9 Å². The number of halogens is 2. The van der Waals surface area contributed by atoms with Crippen molar-refractivity contribution in [3.63, 3.8) is 0 Å². The average molecular weight is 304 g/mol. The second kappa shape index (κ2) is 5.50. The van der Waals surface area contributed by atoms with Gasteiger partial charge in [-0.3, -0.25) is 4.21 Å². The molecule has 0 amide bonds. The van der Waals surface area contributed by atoms with Gasteiger partial charge in [0.25, 0.3) is 0 Å². The Bertz CT molecular complexity index is 693. The first-order valence-electron chi connectivity index (χ1n) is 5.80. The van der Waals surface area contributed by atoms with Crippen LogP contribution in [0.3, 0.4) is 0 Å². The third-order valence-electron chi connectivity index (χ3n) is 3.13. The van der Waals surface area contributed by atoms with E-state index >= 15 is 0 Å². The van der Waals surface area contributed by atoms with Crippen LogP contribution in [0.5, 0.6) is 0 Å². The van der Waals surface area contributed by atoms with Gasteiger partial charge in [-0.05, 0) is 24.7 Å². The SMILES string of the molecule is CC(CCn1c(=S)[nH]c2c(F)cc(F)cc21)S(C)=O. The zero-order valence-corrected chi connectivity index (χ0v) is 12.2. The minimum atomic E-state index is -0.927. The fraction of sp³-hybridized carbons (Fsp3) is 0.417. The second-order valence-corrected chi connectivity index (χ2v) is 6.65. The lowest BCUT2D eigenvalue weighted by molar-refractivity contribution is 0.588. The summed E-state index contributed by atoms with van der Waals surface area (Å²) in [6.07, 6.45) is 2.26. The Balaban J connectivity index is 2.40. The number of H-pyrrole nitrogens is 1. The summed E-state index contributed by atoms with van der Waals surface area (Å²) in [7, 11) is -0.927. The number of imidazole rings is 1. The molecular formula is C12H14F2N2OS2. The van der Waals surface area contributed by atoms with Crippen molar-refractivity contribution in [1.29, 1.82) is 0 Å². The van der Waals surface area contributed by atoms with Crippen molar-refractivity contribution in [3.8, 4) is 0 Å². The molecular weight excluding hydrogens is 290 g/mol. The fourth-order valence-electron chi connectivity index (χ4n) is 1.88. The van der Waals surface area contributed by atoms with Crippen LogP contribution in [0.2, 0.25) is 0 Å². The van der Waals surface area contributed by atoms with Gasteiger partial charge < -0.3 is 9.55 Å². The number of nitrogens with one attached hydrogen (secondary N) is 1. The van der Waals surface area contributed by atoms with Crippen LogP contribution in [0.15, 0.2) is 12.1 Å². The van der Waals surface area contributed by atoms with Crippen LogP contribution < -0.4 is 0 Å². The molecule has 0 saturated carbocycles. The van der Waals surface area contributed by atoms with Gasteiger partial charge in [0.15, 0.2) is 10.6 Å². The van der Waals surface area contributed by atoms with E-state index < -0.39 is 22.4 Å². The largest absolute Gasteiger partial charge is 0.328 e. The Morgan fingerprint density at radius 2 is 2.16 bits per heavy atom. The van der Waals surface area contributed by atoms with E-state index in [1.165, 1.54) is 6.07 Å². The summed E-state index contributed by atoms with van der Waals surface area (Å²) in [5.41, 5.74) is 0.605. The Hall–Kier alpha value is -1.08. The molecule has 2 rings (SSSR count). The molecule has 1 aromatic heterocycles. The van der Waals surface area contributed by atoms with E-state index in [1.54, 1.807) is 10.8 Å². The van der Waals surface area contributed by atoms with Crippen molar-refractivity contribution in [1.82, 2.24) is 9.55 Å². The molecule has 0 aliphatic heterocycles. The lowest BCUT2D eigenvalue weighted by Gasteiger charge is -2.09. The predicted molar refractivity (Wildman–Crippen MR) is 75.2 cm³/mol. The summed E-state index contributed by atoms with van der Waals surface area (Å²) < 4.78 is 40.1. The Morgan fingerprint density at radius 1 is 1.47 bits per heavy atom. The number of aryl methyl sites for hydroxylation is 1. The molecule has 1 aromatic carbocycles. The van der Waals surface area contributed by atoms with Gasteiger partial charge in [-0.25, -0.2) is 8.78 Å². The second-order valence-electron chi connectivity index (χ2n) is 4.46. The molecule has 0 aliphatic carbocycles. The summed E-state index contributed by atoms with van der Waals surface area (Å²) in [4.78, 5) is 2.74. The zero-order chi connectivity index (χ0) is 14.2. The summed E-state index contributed by atoms with van der Waals surface area (Å²) in [6.45, 7) is 2.35. The quantitative estimate of drug-likeness (QED) is 0.881. The highest BCUT2D eigenvalue weighted by molar-refractivity contribution is 7.84. The highest BCUT2D eigenvalue weighted by atomic mass is 32.2. The van der Waals surface area contributed by atoms with Gasteiger partial charge in [-0.2, -0.15) is 0 Å². The lowest BCUT2D eigenvalue weighted by atomic mass is 10.2. The molecule has 2 unspecified atom stereocenters. The number of rotatable bonds is 4. The summed E-state index contributed by atoms with van der Waals surface area (Å²) in [5, 5.41) is 0.00487. The first kappa shape index (κ1) is 14.3. The van der Waals surface area contributed by atoms with Crippen LogP contribution >= 0.6 is 12.2 Å². The molecule has 7 heteroatoms. The van der Waals surface area contributed by atoms with Crippen molar-refractivity contribution in [2.75, 3.05) is 6.26 Å². The lowest BCUT2D eigenvalue weighted by Crippen LogP contribution is -2.12. The highest BCUT2D eigenvalue weighted by Crippen LogP contribution is 2.20. The Kier molecular flexibility index (Phi) is 4.15. The van der Waals surface area contributed by atoms with Gasteiger partial charge in [0.2, 0.25) is 0 Å². The monoisotopic (exact) mass is 304 g/mol. The molecule has 0 spiro atoms. The van der Waals surface area contributed by atoms with Crippen molar-refractivity contribution in [3.05, 3.63) is 28.5 Å². The third-order valence-corrected chi connectivity index (χ3v) is 4.82. The first-order valence-corrected chi connectivity index (χ1v) is 7.83. The zero-order valence-electron chi connectivity index (χ0n) is 10.6. The minimum absolute atomic E-state index is 0.00487. The fourth-order valence-corrected chi connectivity index (χ4v) is 2.61. The molecule has 2 aromatic rings. The van der Waals surface area contributed by atoms with E-state index in [2.05, 4.69) is 4.98 Å². The molecule has 0 fully saturated rings. The predicted octanol–water partition coefficient (Wildman–Crippen LogP) is 3.13. The number of hydrogen-bond acceptors (Lipinski definition) is 2. The van der Waals surface area contributed by atoms with Gasteiger partial charge in [-0.1, -0.05) is 6.92 Å². The summed E-state index contributed by atoms with van der Waals surface area (Å²) in [5.74, 6) is -1.30. The number of benzene rings is 1. The van der Waals surface area contributed by atoms with Crippen molar-refractivity contribution in [2.45, 2.75) is 25.1 Å². The molecule has 0 aliphatic rings. The minimum Gasteiger partial charge on any atom is -0.328 e. The van der Waals surface area contributed by atoms with Crippen LogP contribution in [0.1, 0.15) is 13.3 Å². The maximum Gasteiger partial charge on any atom is 0.178 e. The topological polar surface area (TPSA) is 37.8 Å². The smallest absolute Gasteiger partial charge is 0.178 e. The number of hydrogen-bond donors (Lipinski definition) is 1. The molecule has 1 N–H and O–H groups in total. The standard InChI is InChI=1S/C12H14F2N2OS2/c1-7(19(2)17)3-4-16-10-6-8(13)5-9(14)11(10)15-12(16)18/h5-7H,3-4H2,1-2H3,(H,15,18). The third kappa shape index (κ3) is 2.92. The molecule has 104 valence electrons. The first-order chi connectivity index (χ1) is 8.90. The van der Waals surface area contributed by atoms with E-state index in [0.717, 1.165) is 6.07 Å². The summed E-state index contributed by atoms with van der Waals surface area (Å²) in [6, 6.07) is 2.07. The number of aromatic amines is 1. The Labute approximate surface area is 117 Å². The van der Waals surface area contributed by atoms with Crippen LogP contribution in [-0.2, 0) is 17.3 Å². The maximum atomic E-state index is 13.6. The van der Waals surface area contributed by atoms with E-state index in [0.29, 0.717) is 23.3 Å². The maximum absolute atomic E-state index is 13.6. The molecule has 0 radical (unpaired) electrons. The number of nitrogens with zero attached hydrogens (tertiary/aromatic N) is 1. The van der Waals surface area contributed by atoms with Crippen molar-refractivity contribution in [2.24, 2.45) is 0 Å². The highest BCUT2D eigenvalue weighted by Gasteiger charge is 2.12. The van der Waals surface area contributed by atoms with Gasteiger partial charge in [-0.15, -0.1) is 0 Å². The van der Waals surface area contributed by atoms with E-state index in [4.69, 9.17) is 12.2 Å².